The minimum atomic E-state index is -0.191. The van der Waals surface area contributed by atoms with E-state index in [4.69, 9.17) is 4.42 Å². The van der Waals surface area contributed by atoms with Crippen LogP contribution in [0.2, 0.25) is 0 Å². The van der Waals surface area contributed by atoms with Crippen molar-refractivity contribution < 1.29 is 14.0 Å². The summed E-state index contributed by atoms with van der Waals surface area (Å²) in [7, 11) is 0. The summed E-state index contributed by atoms with van der Waals surface area (Å²) in [4.78, 5) is 23.9. The van der Waals surface area contributed by atoms with Crippen molar-refractivity contribution in [3.05, 3.63) is 65.7 Å². The molecule has 134 valence electrons. The molecule has 3 rings (SSSR count). The molecule has 2 amide bonds. The quantitative estimate of drug-likeness (QED) is 0.713. The number of nitrogens with zero attached hydrogens (tertiary/aromatic N) is 2. The fourth-order valence-corrected chi connectivity index (χ4v) is 2.45. The molecule has 2 aromatic heterocycles. The van der Waals surface area contributed by atoms with Crippen molar-refractivity contribution in [2.45, 2.75) is 26.8 Å². The van der Waals surface area contributed by atoms with E-state index in [2.05, 4.69) is 15.7 Å². The van der Waals surface area contributed by atoms with Crippen LogP contribution in [-0.2, 0) is 11.3 Å². The number of rotatable bonds is 6. The molecule has 0 saturated carbocycles. The third kappa shape index (κ3) is 4.00. The van der Waals surface area contributed by atoms with Crippen LogP contribution in [0, 0.1) is 6.92 Å². The summed E-state index contributed by atoms with van der Waals surface area (Å²) < 4.78 is 6.84. The highest BCUT2D eigenvalue weighted by atomic mass is 16.3. The Morgan fingerprint density at radius 1 is 1.19 bits per heavy atom. The lowest BCUT2D eigenvalue weighted by molar-refractivity contribution is -0.115. The molecule has 0 saturated heterocycles. The van der Waals surface area contributed by atoms with E-state index in [1.807, 2.05) is 6.92 Å². The number of carbonyl (C=O) groups excluding carboxylic acids is 2. The molecular weight excluding hydrogens is 332 g/mol. The summed E-state index contributed by atoms with van der Waals surface area (Å²) in [5.41, 5.74) is 2.08. The van der Waals surface area contributed by atoms with Crippen molar-refractivity contribution in [3.8, 4) is 5.69 Å². The molecule has 0 radical (unpaired) electrons. The van der Waals surface area contributed by atoms with Gasteiger partial charge in [-0.2, -0.15) is 5.10 Å². The van der Waals surface area contributed by atoms with Gasteiger partial charge in [0.2, 0.25) is 5.91 Å². The molecule has 7 heteroatoms. The van der Waals surface area contributed by atoms with Crippen LogP contribution < -0.4 is 10.6 Å². The lowest BCUT2D eigenvalue weighted by atomic mass is 10.2. The van der Waals surface area contributed by atoms with Gasteiger partial charge in [0, 0.05) is 18.1 Å². The van der Waals surface area contributed by atoms with Crippen molar-refractivity contribution in [1.29, 1.82) is 0 Å². The van der Waals surface area contributed by atoms with E-state index < -0.39 is 0 Å². The zero-order chi connectivity index (χ0) is 18.5. The van der Waals surface area contributed by atoms with Gasteiger partial charge in [-0.25, -0.2) is 4.68 Å². The summed E-state index contributed by atoms with van der Waals surface area (Å²) in [6, 6.07) is 12.4. The Labute approximate surface area is 151 Å². The average molecular weight is 352 g/mol. The van der Waals surface area contributed by atoms with Crippen LogP contribution in [0.5, 0.6) is 0 Å². The number of hydrogen-bond acceptors (Lipinski definition) is 4. The molecule has 2 heterocycles. The van der Waals surface area contributed by atoms with Gasteiger partial charge in [0.05, 0.1) is 24.2 Å². The molecule has 2 N–H and O–H groups in total. The first-order valence-corrected chi connectivity index (χ1v) is 8.34. The Bertz CT molecular complexity index is 896. The number of aromatic nitrogens is 2. The predicted molar refractivity (Wildman–Crippen MR) is 97.1 cm³/mol. The molecule has 0 bridgehead atoms. The smallest absolute Gasteiger partial charge is 0.251 e. The molecule has 7 nitrogen and oxygen atoms in total. The number of hydrogen-bond donors (Lipinski definition) is 2. The molecule has 0 spiro atoms. The second-order valence-corrected chi connectivity index (χ2v) is 5.79. The Hall–Kier alpha value is -3.35. The monoisotopic (exact) mass is 352 g/mol. The predicted octanol–water partition coefficient (Wildman–Crippen LogP) is 3.05. The van der Waals surface area contributed by atoms with Gasteiger partial charge in [0.1, 0.15) is 11.6 Å². The highest BCUT2D eigenvalue weighted by molar-refractivity contribution is 5.94. The van der Waals surface area contributed by atoms with E-state index in [0.29, 0.717) is 30.1 Å². The molecule has 26 heavy (non-hydrogen) atoms. The SMILES string of the molecule is CCC(=O)Nc1cc(C)nn1-c1ccc(C(=O)NCc2ccco2)cc1. The summed E-state index contributed by atoms with van der Waals surface area (Å²) >= 11 is 0. The van der Waals surface area contributed by atoms with Gasteiger partial charge in [-0.1, -0.05) is 6.92 Å². The molecule has 3 aromatic rings. The highest BCUT2D eigenvalue weighted by Gasteiger charge is 2.11. The average Bonchev–Trinajstić information content (AvgIpc) is 3.29. The van der Waals surface area contributed by atoms with Gasteiger partial charge in [0.25, 0.3) is 5.91 Å². The maximum absolute atomic E-state index is 12.2. The van der Waals surface area contributed by atoms with Crippen LogP contribution in [0.25, 0.3) is 5.69 Å². The molecule has 1 aromatic carbocycles. The number of anilines is 1. The molecule has 0 unspecified atom stereocenters. The molecule has 0 fully saturated rings. The molecule has 0 atom stereocenters. The van der Waals surface area contributed by atoms with Crippen LogP contribution in [0.15, 0.2) is 53.1 Å². The van der Waals surface area contributed by atoms with Gasteiger partial charge in [-0.3, -0.25) is 9.59 Å². The standard InChI is InChI=1S/C19H20N4O3/c1-3-18(24)21-17-11-13(2)22-23(17)15-8-6-14(7-9-15)19(25)20-12-16-5-4-10-26-16/h4-11H,3,12H2,1-2H3,(H,20,25)(H,21,24). The third-order valence-electron chi connectivity index (χ3n) is 3.80. The van der Waals surface area contributed by atoms with Gasteiger partial charge in [-0.05, 0) is 43.3 Å². The molecule has 0 aliphatic rings. The van der Waals surface area contributed by atoms with Crippen LogP contribution in [0.3, 0.4) is 0 Å². The first kappa shape index (κ1) is 17.5. The largest absolute Gasteiger partial charge is 0.467 e. The van der Waals surface area contributed by atoms with Crippen LogP contribution in [0.4, 0.5) is 5.82 Å². The number of nitrogens with one attached hydrogen (secondary N) is 2. The van der Waals surface area contributed by atoms with Crippen molar-refractivity contribution in [2.24, 2.45) is 0 Å². The zero-order valence-corrected chi connectivity index (χ0v) is 14.7. The Kier molecular flexibility index (Phi) is 5.17. The fraction of sp³-hybridized carbons (Fsp3) is 0.211. The number of aryl methyl sites for hydroxylation is 1. The minimum absolute atomic E-state index is 0.0833. The van der Waals surface area contributed by atoms with Gasteiger partial charge < -0.3 is 15.1 Å². The number of amides is 2. The maximum atomic E-state index is 12.2. The summed E-state index contributed by atoms with van der Waals surface area (Å²) in [5, 5.41) is 10.0. The summed E-state index contributed by atoms with van der Waals surface area (Å²) in [6.45, 7) is 3.98. The van der Waals surface area contributed by atoms with E-state index >= 15 is 0 Å². The van der Waals surface area contributed by atoms with Crippen molar-refractivity contribution in [3.63, 3.8) is 0 Å². The number of carbonyl (C=O) groups is 2. The number of benzene rings is 1. The lowest BCUT2D eigenvalue weighted by Crippen LogP contribution is -2.22. The van der Waals surface area contributed by atoms with Crippen LogP contribution in [0.1, 0.15) is 35.2 Å². The van der Waals surface area contributed by atoms with Gasteiger partial charge >= 0.3 is 0 Å². The fourth-order valence-electron chi connectivity index (χ4n) is 2.45. The lowest BCUT2D eigenvalue weighted by Gasteiger charge is -2.09. The second kappa shape index (κ2) is 7.69. The number of furan rings is 1. The van der Waals surface area contributed by atoms with E-state index in [1.165, 1.54) is 0 Å². The Morgan fingerprint density at radius 3 is 2.62 bits per heavy atom. The molecular formula is C19H20N4O3. The van der Waals surface area contributed by atoms with E-state index in [0.717, 1.165) is 11.4 Å². The van der Waals surface area contributed by atoms with Crippen LogP contribution >= 0.6 is 0 Å². The third-order valence-corrected chi connectivity index (χ3v) is 3.80. The maximum Gasteiger partial charge on any atom is 0.251 e. The normalized spacial score (nSPS) is 10.5. The van der Waals surface area contributed by atoms with E-state index in [9.17, 15) is 9.59 Å². The zero-order valence-electron chi connectivity index (χ0n) is 14.7. The van der Waals surface area contributed by atoms with Gasteiger partial charge in [-0.15, -0.1) is 0 Å². The second-order valence-electron chi connectivity index (χ2n) is 5.79. The topological polar surface area (TPSA) is 89.2 Å². The molecule has 0 aliphatic heterocycles. The first-order valence-electron chi connectivity index (χ1n) is 8.34. The van der Waals surface area contributed by atoms with E-state index in [1.54, 1.807) is 60.3 Å². The van der Waals surface area contributed by atoms with Crippen LogP contribution in [-0.4, -0.2) is 21.6 Å². The Balaban J connectivity index is 1.73. The van der Waals surface area contributed by atoms with Crippen molar-refractivity contribution in [1.82, 2.24) is 15.1 Å². The molecule has 0 aliphatic carbocycles. The van der Waals surface area contributed by atoms with Crippen molar-refractivity contribution in [2.75, 3.05) is 5.32 Å². The summed E-state index contributed by atoms with van der Waals surface area (Å²) in [5.74, 6) is 1.02. The van der Waals surface area contributed by atoms with Gasteiger partial charge in [0.15, 0.2) is 0 Å². The first-order chi connectivity index (χ1) is 12.6. The highest BCUT2D eigenvalue weighted by Crippen LogP contribution is 2.18. The van der Waals surface area contributed by atoms with E-state index in [-0.39, 0.29) is 11.8 Å². The minimum Gasteiger partial charge on any atom is -0.467 e. The summed E-state index contributed by atoms with van der Waals surface area (Å²) in [6.07, 6.45) is 1.95. The Morgan fingerprint density at radius 2 is 1.96 bits per heavy atom. The van der Waals surface area contributed by atoms with Crippen molar-refractivity contribution >= 4 is 17.6 Å².